The maximum Gasteiger partial charge on any atom is 0.423 e. The summed E-state index contributed by atoms with van der Waals surface area (Å²) in [5.74, 6) is -0.190. The molecule has 1 atom stereocenters. The minimum Gasteiger partial charge on any atom is -0.496 e. The van der Waals surface area contributed by atoms with Crippen molar-refractivity contribution in [2.75, 3.05) is 20.7 Å². The quantitative estimate of drug-likeness (QED) is 0.608. The zero-order valence-electron chi connectivity index (χ0n) is 15.8. The molecule has 0 aliphatic rings. The first-order valence-corrected chi connectivity index (χ1v) is 7.99. The Balaban J connectivity index is 3.69. The van der Waals surface area contributed by atoms with E-state index in [1.165, 1.54) is 19.2 Å². The first kappa shape index (κ1) is 21.8. The molecule has 0 amide bonds. The van der Waals surface area contributed by atoms with Gasteiger partial charge in [-0.15, -0.1) is 0 Å². The third kappa shape index (κ3) is 3.78. The molecule has 0 fully saturated rings. The second-order valence-corrected chi connectivity index (χ2v) is 6.60. The minimum atomic E-state index is -5.08. The summed E-state index contributed by atoms with van der Waals surface area (Å²) < 4.78 is 46.6. The smallest absolute Gasteiger partial charge is 0.423 e. The van der Waals surface area contributed by atoms with Crippen molar-refractivity contribution < 1.29 is 23.0 Å². The van der Waals surface area contributed by atoms with Gasteiger partial charge in [0.05, 0.1) is 30.6 Å². The number of methoxy groups -OCH3 is 1. The Morgan fingerprint density at radius 3 is 2.35 bits per heavy atom. The number of nitrogens with zero attached hydrogens (tertiary/aromatic N) is 3. The van der Waals surface area contributed by atoms with Crippen molar-refractivity contribution in [1.29, 1.82) is 5.26 Å². The molecule has 26 heavy (non-hydrogen) atoms. The monoisotopic (exact) mass is 371 g/mol. The number of hydrogen-bond donors (Lipinski definition) is 1. The van der Waals surface area contributed by atoms with E-state index in [1.807, 2.05) is 14.0 Å². The van der Waals surface area contributed by atoms with Crippen LogP contribution >= 0.6 is 0 Å². The molecule has 1 rings (SSSR count). The molecular formula is C18H24F3N3O2. The molecular weight excluding hydrogens is 347 g/mol. The van der Waals surface area contributed by atoms with Crippen LogP contribution in [0.5, 0.6) is 5.75 Å². The summed E-state index contributed by atoms with van der Waals surface area (Å²) in [6.45, 7) is 6.30. The maximum absolute atomic E-state index is 13.8. The molecule has 1 aromatic carbocycles. The molecule has 0 aromatic heterocycles. The largest absolute Gasteiger partial charge is 0.496 e. The van der Waals surface area contributed by atoms with Crippen molar-refractivity contribution in [3.8, 4) is 11.8 Å². The first-order chi connectivity index (χ1) is 11.9. The lowest BCUT2D eigenvalue weighted by Gasteiger charge is -2.40. The van der Waals surface area contributed by atoms with Crippen LogP contribution in [0.4, 0.5) is 18.9 Å². The summed E-state index contributed by atoms with van der Waals surface area (Å²) in [6.07, 6.45) is -3.53. The van der Waals surface area contributed by atoms with Crippen LogP contribution in [0.15, 0.2) is 17.1 Å². The Morgan fingerprint density at radius 2 is 1.92 bits per heavy atom. The van der Waals surface area contributed by atoms with E-state index in [4.69, 9.17) is 4.74 Å². The molecule has 5 nitrogen and oxygen atoms in total. The van der Waals surface area contributed by atoms with E-state index in [-0.39, 0.29) is 5.75 Å². The van der Waals surface area contributed by atoms with Crippen LogP contribution in [0.3, 0.4) is 0 Å². The van der Waals surface area contributed by atoms with Crippen molar-refractivity contribution in [3.05, 3.63) is 23.3 Å². The van der Waals surface area contributed by atoms with E-state index in [1.54, 1.807) is 24.2 Å². The third-order valence-corrected chi connectivity index (χ3v) is 4.39. The van der Waals surface area contributed by atoms with Gasteiger partial charge in [0.25, 0.3) is 0 Å². The summed E-state index contributed by atoms with van der Waals surface area (Å²) in [5, 5.41) is 19.9. The first-order valence-electron chi connectivity index (χ1n) is 7.99. The number of ether oxygens (including phenoxy) is 1. The van der Waals surface area contributed by atoms with Gasteiger partial charge in [0.1, 0.15) is 5.75 Å². The van der Waals surface area contributed by atoms with Crippen LogP contribution in [-0.4, -0.2) is 43.2 Å². The van der Waals surface area contributed by atoms with E-state index in [0.29, 0.717) is 17.8 Å². The molecule has 0 aliphatic carbocycles. The summed E-state index contributed by atoms with van der Waals surface area (Å²) in [6, 6.07) is 4.06. The number of benzene rings is 1. The van der Waals surface area contributed by atoms with Crippen LogP contribution in [0.25, 0.3) is 0 Å². The summed E-state index contributed by atoms with van der Waals surface area (Å²) in [4.78, 5) is 6.04. The molecule has 144 valence electrons. The Bertz CT molecular complexity index is 724. The average Bonchev–Trinajstić information content (AvgIpc) is 2.58. The number of rotatable bonds is 6. The van der Waals surface area contributed by atoms with Crippen molar-refractivity contribution in [2.24, 2.45) is 10.4 Å². The lowest BCUT2D eigenvalue weighted by Crippen LogP contribution is -2.53. The maximum atomic E-state index is 13.8. The predicted octanol–water partition coefficient (Wildman–Crippen LogP) is 3.91. The molecule has 0 spiro atoms. The second kappa shape index (κ2) is 7.54. The van der Waals surface area contributed by atoms with Gasteiger partial charge in [-0.3, -0.25) is 0 Å². The third-order valence-electron chi connectivity index (χ3n) is 4.39. The van der Waals surface area contributed by atoms with Gasteiger partial charge in [0.15, 0.2) is 0 Å². The highest BCUT2D eigenvalue weighted by Gasteiger charge is 2.65. The standard InChI is InChI=1S/C18H24F3N3O2/c1-7-24(5)11-23-14-9-15(26-6)13(8-12(14)2)17(25,18(19,20)21)16(3,4)10-22/h8-9,11,25H,7H2,1-6H3. The molecule has 8 heteroatoms. The van der Waals surface area contributed by atoms with E-state index in [9.17, 15) is 23.5 Å². The molecule has 1 unspecified atom stereocenters. The molecule has 1 N–H and O–H groups in total. The van der Waals surface area contributed by atoms with Crippen molar-refractivity contribution in [1.82, 2.24) is 4.90 Å². The predicted molar refractivity (Wildman–Crippen MR) is 93.5 cm³/mol. The fourth-order valence-corrected chi connectivity index (χ4v) is 2.44. The van der Waals surface area contributed by atoms with Crippen LogP contribution in [-0.2, 0) is 5.60 Å². The second-order valence-electron chi connectivity index (χ2n) is 6.60. The van der Waals surface area contributed by atoms with Gasteiger partial charge in [-0.25, -0.2) is 4.99 Å². The molecule has 0 saturated heterocycles. The number of hydrogen-bond acceptors (Lipinski definition) is 4. The van der Waals surface area contributed by atoms with Crippen LogP contribution < -0.4 is 4.74 Å². The Hall–Kier alpha value is -2.27. The average molecular weight is 371 g/mol. The highest BCUT2D eigenvalue weighted by atomic mass is 19.4. The van der Waals surface area contributed by atoms with Crippen LogP contribution in [0.1, 0.15) is 31.9 Å². The van der Waals surface area contributed by atoms with E-state index in [0.717, 1.165) is 13.8 Å². The van der Waals surface area contributed by atoms with Gasteiger partial charge in [0.2, 0.25) is 5.60 Å². The van der Waals surface area contributed by atoms with Gasteiger partial charge in [-0.1, -0.05) is 0 Å². The lowest BCUT2D eigenvalue weighted by atomic mass is 9.70. The van der Waals surface area contributed by atoms with Crippen LogP contribution in [0.2, 0.25) is 0 Å². The number of aliphatic hydroxyl groups is 1. The number of nitriles is 1. The number of alkyl halides is 3. The molecule has 0 aliphatic heterocycles. The lowest BCUT2D eigenvalue weighted by molar-refractivity contribution is -0.296. The van der Waals surface area contributed by atoms with E-state index < -0.39 is 22.8 Å². The normalized spacial score (nSPS) is 14.8. The number of aryl methyl sites for hydroxylation is 1. The topological polar surface area (TPSA) is 68.8 Å². The van der Waals surface area contributed by atoms with Crippen molar-refractivity contribution in [2.45, 2.75) is 39.5 Å². The van der Waals surface area contributed by atoms with Gasteiger partial charge >= 0.3 is 6.18 Å². The minimum absolute atomic E-state index is 0.190. The fourth-order valence-electron chi connectivity index (χ4n) is 2.44. The number of aliphatic imine (C=N–C) groups is 1. The Kier molecular flexibility index (Phi) is 6.31. The van der Waals surface area contributed by atoms with Gasteiger partial charge in [-0.2, -0.15) is 18.4 Å². The van der Waals surface area contributed by atoms with E-state index in [2.05, 4.69) is 4.99 Å². The van der Waals surface area contributed by atoms with Gasteiger partial charge < -0.3 is 14.7 Å². The number of halogens is 3. The highest BCUT2D eigenvalue weighted by molar-refractivity contribution is 5.65. The van der Waals surface area contributed by atoms with Crippen molar-refractivity contribution >= 4 is 12.0 Å². The molecule has 0 radical (unpaired) electrons. The van der Waals surface area contributed by atoms with Crippen molar-refractivity contribution in [3.63, 3.8) is 0 Å². The highest BCUT2D eigenvalue weighted by Crippen LogP contribution is 2.53. The van der Waals surface area contributed by atoms with Gasteiger partial charge in [0, 0.05) is 25.2 Å². The zero-order valence-corrected chi connectivity index (χ0v) is 15.8. The van der Waals surface area contributed by atoms with E-state index >= 15 is 0 Å². The molecule has 0 bridgehead atoms. The van der Waals surface area contributed by atoms with Crippen LogP contribution in [0, 0.1) is 23.7 Å². The molecule has 0 heterocycles. The molecule has 1 aromatic rings. The SMILES string of the molecule is CCN(C)C=Nc1cc(OC)c(C(O)(C(F)(F)F)C(C)(C)C#N)cc1C. The fraction of sp³-hybridized carbons (Fsp3) is 0.556. The molecule has 0 saturated carbocycles. The Labute approximate surface area is 151 Å². The summed E-state index contributed by atoms with van der Waals surface area (Å²) >= 11 is 0. The van der Waals surface area contributed by atoms with Gasteiger partial charge in [-0.05, 0) is 39.3 Å². The Morgan fingerprint density at radius 1 is 1.35 bits per heavy atom. The summed E-state index contributed by atoms with van der Waals surface area (Å²) in [7, 11) is 3.01. The zero-order chi connectivity index (χ0) is 20.3. The summed E-state index contributed by atoms with van der Waals surface area (Å²) in [5.41, 5.74) is -5.24.